The first-order chi connectivity index (χ1) is 17.0. The average Bonchev–Trinajstić information content (AvgIpc) is 3.29. The van der Waals surface area contributed by atoms with Crippen molar-refractivity contribution in [2.45, 2.75) is 71.1 Å². The number of anilines is 1. The van der Waals surface area contributed by atoms with E-state index in [2.05, 4.69) is 20.1 Å². The van der Waals surface area contributed by atoms with Gasteiger partial charge in [-0.3, -0.25) is 9.61 Å². The van der Waals surface area contributed by atoms with E-state index in [-0.39, 0.29) is 24.0 Å². The Bertz CT molecular complexity index is 1490. The number of nitrogens with two attached hydrogens (primary N) is 1. The molecular formula is C24H30F2N8O. The van der Waals surface area contributed by atoms with Crippen LogP contribution < -0.4 is 11.4 Å². The van der Waals surface area contributed by atoms with Gasteiger partial charge >= 0.3 is 0 Å². The molecule has 0 aromatic carbocycles. The highest BCUT2D eigenvalue weighted by molar-refractivity contribution is 5.88. The normalized spacial score (nSPS) is 20.3. The molecule has 0 atom stereocenters. The van der Waals surface area contributed by atoms with E-state index in [4.69, 9.17) is 12.1 Å². The lowest BCUT2D eigenvalue weighted by Gasteiger charge is -2.34. The second kappa shape index (κ2) is 8.71. The fourth-order valence-electron chi connectivity index (χ4n) is 4.97. The third-order valence-corrected chi connectivity index (χ3v) is 6.88. The number of aromatic amines is 1. The maximum Gasteiger partial charge on any atom is 0.256 e. The number of alkyl halides is 2. The van der Waals surface area contributed by atoms with Gasteiger partial charge in [0.15, 0.2) is 11.5 Å². The van der Waals surface area contributed by atoms with Gasteiger partial charge in [0.05, 0.1) is 25.3 Å². The number of aliphatic hydroxyl groups is 1. The molecule has 4 aromatic rings. The molecule has 1 saturated carbocycles. The van der Waals surface area contributed by atoms with Crippen LogP contribution in [0.1, 0.15) is 46.7 Å². The Hall–Kier alpha value is -3.34. The smallest absolute Gasteiger partial charge is 0.256 e. The second-order valence-electron chi connectivity index (χ2n) is 9.79. The number of hydrogen-bond donors (Lipinski definition) is 3. The van der Waals surface area contributed by atoms with Gasteiger partial charge in [-0.25, -0.2) is 23.7 Å². The Kier molecular flexibility index (Phi) is 5.51. The molecule has 186 valence electrons. The van der Waals surface area contributed by atoms with Crippen LogP contribution in [0.15, 0.2) is 29.4 Å². The average molecular weight is 486 g/mol. The van der Waals surface area contributed by atoms with E-state index in [1.54, 1.807) is 25.1 Å². The quantitative estimate of drug-likeness (QED) is 0.400. The van der Waals surface area contributed by atoms with E-state index >= 15 is 0 Å². The highest BCUT2D eigenvalue weighted by atomic mass is 19.3. The molecule has 9 nitrogen and oxygen atoms in total. The summed E-state index contributed by atoms with van der Waals surface area (Å²) >= 11 is 0. The first kappa shape index (κ1) is 22.1. The summed E-state index contributed by atoms with van der Waals surface area (Å²) in [5, 5.41) is 13.4. The van der Waals surface area contributed by atoms with Crippen LogP contribution in [0, 0.1) is 12.8 Å². The van der Waals surface area contributed by atoms with Crippen molar-refractivity contribution in [2.75, 3.05) is 5.73 Å². The summed E-state index contributed by atoms with van der Waals surface area (Å²) in [7, 11) is 0. The predicted octanol–water partition coefficient (Wildman–Crippen LogP) is 3.46. The van der Waals surface area contributed by atoms with Gasteiger partial charge in [0.1, 0.15) is 16.9 Å². The van der Waals surface area contributed by atoms with Gasteiger partial charge in [0, 0.05) is 11.7 Å². The van der Waals surface area contributed by atoms with E-state index in [9.17, 15) is 13.9 Å². The molecule has 5 rings (SSSR count). The number of nitrogen functional groups attached to an aromatic ring is 1. The Morgan fingerprint density at radius 1 is 1.23 bits per heavy atom. The molecule has 0 aliphatic heterocycles. The molecule has 1 fully saturated rings. The molecule has 4 aromatic heterocycles. The number of pyridine rings is 1. The molecule has 4 heterocycles. The van der Waals surface area contributed by atoms with Crippen LogP contribution in [-0.2, 0) is 6.54 Å². The minimum absolute atomic E-state index is 0.0517. The molecule has 1 aliphatic carbocycles. The maximum atomic E-state index is 13.1. The maximum absolute atomic E-state index is 13.1. The number of aryl methyl sites for hydroxylation is 1. The van der Waals surface area contributed by atoms with E-state index in [1.807, 2.05) is 13.8 Å². The fourth-order valence-corrected chi connectivity index (χ4v) is 4.97. The van der Waals surface area contributed by atoms with Crippen LogP contribution in [0.4, 0.5) is 14.6 Å². The van der Waals surface area contributed by atoms with Crippen molar-refractivity contribution in [3.63, 3.8) is 0 Å². The predicted molar refractivity (Wildman–Crippen MR) is 129 cm³/mol. The Morgan fingerprint density at radius 2 is 1.97 bits per heavy atom. The molecule has 11 heteroatoms. The number of rotatable bonds is 5. The van der Waals surface area contributed by atoms with Gasteiger partial charge in [0.25, 0.3) is 6.43 Å². The van der Waals surface area contributed by atoms with Crippen molar-refractivity contribution in [3.8, 4) is 11.3 Å². The monoisotopic (exact) mass is 485 g/mol. The van der Waals surface area contributed by atoms with Crippen LogP contribution in [0.2, 0.25) is 0 Å². The third kappa shape index (κ3) is 4.52. The highest BCUT2D eigenvalue weighted by Crippen LogP contribution is 2.33. The Balaban J connectivity index is 1.52. The number of aromatic nitrogens is 6. The zero-order valence-corrected chi connectivity index (χ0v) is 20.0. The number of hydrogen-bond acceptors (Lipinski definition) is 6. The van der Waals surface area contributed by atoms with E-state index in [1.165, 1.54) is 9.08 Å². The third-order valence-electron chi connectivity index (χ3n) is 6.88. The van der Waals surface area contributed by atoms with Gasteiger partial charge in [-0.15, -0.1) is 0 Å². The molecule has 0 bridgehead atoms. The SMILES string of the molecule is [2H]c1cc(-c2ccc3nc(C)n(CC(F)F)c3n2)c2c(N)nc(=NC3CCC(C(C)(C)O)CC3)[nH]n12. The standard InChI is InChI=1S/C24H30F2N8O/c1-13-28-18-9-8-17(30-22(18)33(13)12-19(25)26)16-10-11-34-20(16)21(27)31-23(32-34)29-15-6-4-14(5-7-15)24(2,3)35/h8-11,14-15,19,35H,4-7,12H2,1-3H3,(H3,27,29,31,32)/i11D. The van der Waals surface area contributed by atoms with Crippen molar-refractivity contribution >= 4 is 22.5 Å². The largest absolute Gasteiger partial charge is 0.390 e. The molecule has 35 heavy (non-hydrogen) atoms. The van der Waals surface area contributed by atoms with E-state index in [0.717, 1.165) is 25.7 Å². The van der Waals surface area contributed by atoms with E-state index < -0.39 is 18.6 Å². The Labute approximate surface area is 202 Å². The van der Waals surface area contributed by atoms with Crippen LogP contribution in [-0.4, -0.2) is 52.3 Å². The summed E-state index contributed by atoms with van der Waals surface area (Å²) in [4.78, 5) is 18.1. The number of halogens is 2. The van der Waals surface area contributed by atoms with Gasteiger partial charge in [-0.2, -0.15) is 4.98 Å². The molecule has 1 aliphatic rings. The summed E-state index contributed by atoms with van der Waals surface area (Å²) < 4.78 is 37.6. The lowest BCUT2D eigenvalue weighted by molar-refractivity contribution is -0.00126. The first-order valence-corrected chi connectivity index (χ1v) is 11.8. The van der Waals surface area contributed by atoms with Crippen LogP contribution in [0.5, 0.6) is 0 Å². The lowest BCUT2D eigenvalue weighted by Crippen LogP contribution is -2.35. The first-order valence-electron chi connectivity index (χ1n) is 12.3. The summed E-state index contributed by atoms with van der Waals surface area (Å²) in [6.07, 6.45) is 1.02. The molecule has 0 saturated heterocycles. The number of fused-ring (bicyclic) bond motifs is 2. The summed E-state index contributed by atoms with van der Waals surface area (Å²) in [6, 6.07) is 5.11. The molecule has 0 unspecified atom stereocenters. The van der Waals surface area contributed by atoms with Gasteiger partial charge in [-0.05, 0) is 70.6 Å². The highest BCUT2D eigenvalue weighted by Gasteiger charge is 2.31. The molecule has 4 N–H and O–H groups in total. The van der Waals surface area contributed by atoms with Crippen LogP contribution in [0.3, 0.4) is 0 Å². The topological polar surface area (TPSA) is 122 Å². The van der Waals surface area contributed by atoms with Crippen molar-refractivity contribution in [1.29, 1.82) is 0 Å². The minimum Gasteiger partial charge on any atom is -0.390 e. The van der Waals surface area contributed by atoms with Gasteiger partial charge < -0.3 is 15.4 Å². The molecular weight excluding hydrogens is 454 g/mol. The van der Waals surface area contributed by atoms with Crippen molar-refractivity contribution in [1.82, 2.24) is 29.1 Å². The fraction of sp³-hybridized carbons (Fsp3) is 0.500. The molecule has 0 amide bonds. The van der Waals surface area contributed by atoms with Crippen LogP contribution in [0.25, 0.3) is 27.9 Å². The number of imidazole rings is 1. The van der Waals surface area contributed by atoms with Gasteiger partial charge in [0.2, 0.25) is 5.62 Å². The zero-order chi connectivity index (χ0) is 25.8. The van der Waals surface area contributed by atoms with E-state index in [0.29, 0.717) is 39.4 Å². The Morgan fingerprint density at radius 3 is 2.66 bits per heavy atom. The number of nitrogens with one attached hydrogen (secondary N) is 1. The molecule has 0 radical (unpaired) electrons. The van der Waals surface area contributed by atoms with Crippen molar-refractivity contribution in [3.05, 3.63) is 35.8 Å². The van der Waals surface area contributed by atoms with Crippen molar-refractivity contribution in [2.24, 2.45) is 10.9 Å². The second-order valence-corrected chi connectivity index (χ2v) is 9.79. The zero-order valence-electron chi connectivity index (χ0n) is 21.0. The lowest BCUT2D eigenvalue weighted by atomic mass is 9.77. The molecule has 0 spiro atoms. The summed E-state index contributed by atoms with van der Waals surface area (Å²) in [5.41, 5.74) is 8.33. The van der Waals surface area contributed by atoms with Gasteiger partial charge in [-0.1, -0.05) is 0 Å². The summed E-state index contributed by atoms with van der Waals surface area (Å²) in [5.74, 6) is 0.881. The minimum atomic E-state index is -2.54. The summed E-state index contributed by atoms with van der Waals surface area (Å²) in [6.45, 7) is 4.86. The number of H-pyrrole nitrogens is 1. The van der Waals surface area contributed by atoms with Crippen molar-refractivity contribution < 1.29 is 15.3 Å². The van der Waals surface area contributed by atoms with Crippen LogP contribution >= 0.6 is 0 Å². The number of nitrogens with zero attached hydrogens (tertiary/aromatic N) is 6.